The summed E-state index contributed by atoms with van der Waals surface area (Å²) < 4.78 is 33.9. The molecule has 186 valence electrons. The number of hydrogen-bond donors (Lipinski definition) is 3. The van der Waals surface area contributed by atoms with Crippen LogP contribution in [0.15, 0.2) is 71.5 Å². The number of amides is 1. The quantitative estimate of drug-likeness (QED) is 0.300. The van der Waals surface area contributed by atoms with Gasteiger partial charge in [0.2, 0.25) is 11.9 Å². The van der Waals surface area contributed by atoms with Crippen molar-refractivity contribution < 1.29 is 27.9 Å². The normalized spacial score (nSPS) is 11.8. The summed E-state index contributed by atoms with van der Waals surface area (Å²) >= 11 is 0. The maximum absolute atomic E-state index is 12.3. The van der Waals surface area contributed by atoms with Gasteiger partial charge in [-0.1, -0.05) is 29.4 Å². The molecule has 0 fully saturated rings. The molecule has 0 saturated heterocycles. The fourth-order valence-electron chi connectivity index (χ4n) is 3.34. The lowest BCUT2D eigenvalue weighted by Crippen LogP contribution is -2.29. The number of aromatic nitrogens is 3. The van der Waals surface area contributed by atoms with Gasteiger partial charge in [0.1, 0.15) is 11.5 Å². The van der Waals surface area contributed by atoms with Crippen molar-refractivity contribution in [3.05, 3.63) is 84.0 Å². The molecule has 11 heteroatoms. The molecule has 2 aromatic heterocycles. The molecule has 1 atom stereocenters. The lowest BCUT2D eigenvalue weighted by atomic mass is 10.1. The number of ether oxygens (including phenoxy) is 1. The average molecular weight is 495 g/mol. The first-order chi connectivity index (χ1) is 17.4. The highest BCUT2D eigenvalue weighted by molar-refractivity contribution is 5.78. The van der Waals surface area contributed by atoms with E-state index in [-0.39, 0.29) is 24.6 Å². The summed E-state index contributed by atoms with van der Waals surface area (Å²) in [4.78, 5) is 20.6. The van der Waals surface area contributed by atoms with Crippen molar-refractivity contribution in [3.63, 3.8) is 0 Å². The predicted molar refractivity (Wildman–Crippen MR) is 127 cm³/mol. The second-order valence-corrected chi connectivity index (χ2v) is 7.88. The highest BCUT2D eigenvalue weighted by atomic mass is 19.3. The number of hydrogen-bond acceptors (Lipinski definition) is 8. The standard InChI is InChI=1S/C25H23F2N5O4/c1-15-10-21(36-32-15)11-23(34)28-14-22(33)17-2-6-19(7-3-17)31-25-29-12-18(13-30-25)16-4-8-20(9-5-16)35-24(26)27/h2-10,12-13,22,24,33H,11,14H2,1H3,(H,28,34)(H,29,30,31). The SMILES string of the molecule is Cc1cc(CC(=O)NCC(O)c2ccc(Nc3ncc(-c4ccc(OC(F)F)cc4)cn3)cc2)on1. The van der Waals surface area contributed by atoms with Crippen molar-refractivity contribution in [2.24, 2.45) is 0 Å². The van der Waals surface area contributed by atoms with Gasteiger partial charge < -0.3 is 25.0 Å². The van der Waals surface area contributed by atoms with Crippen molar-refractivity contribution in [3.8, 4) is 16.9 Å². The molecule has 0 bridgehead atoms. The van der Waals surface area contributed by atoms with E-state index in [0.29, 0.717) is 34.2 Å². The van der Waals surface area contributed by atoms with Gasteiger partial charge >= 0.3 is 6.61 Å². The van der Waals surface area contributed by atoms with E-state index in [4.69, 9.17) is 4.52 Å². The largest absolute Gasteiger partial charge is 0.435 e. The van der Waals surface area contributed by atoms with Crippen LogP contribution < -0.4 is 15.4 Å². The Morgan fingerprint density at radius 2 is 1.75 bits per heavy atom. The van der Waals surface area contributed by atoms with Crippen LogP contribution in [0.1, 0.15) is 23.1 Å². The van der Waals surface area contributed by atoms with Crippen LogP contribution >= 0.6 is 0 Å². The third-order valence-electron chi connectivity index (χ3n) is 5.12. The molecule has 36 heavy (non-hydrogen) atoms. The van der Waals surface area contributed by atoms with Crippen LogP contribution in [-0.2, 0) is 11.2 Å². The van der Waals surface area contributed by atoms with E-state index in [2.05, 4.69) is 30.5 Å². The molecule has 4 rings (SSSR count). The van der Waals surface area contributed by atoms with Gasteiger partial charge in [0, 0.05) is 36.3 Å². The number of rotatable bonds is 10. The second kappa shape index (κ2) is 11.4. The van der Waals surface area contributed by atoms with Crippen molar-refractivity contribution in [2.75, 3.05) is 11.9 Å². The topological polar surface area (TPSA) is 122 Å². The number of nitrogens with one attached hydrogen (secondary N) is 2. The van der Waals surface area contributed by atoms with E-state index in [0.717, 1.165) is 5.56 Å². The zero-order chi connectivity index (χ0) is 25.5. The number of nitrogens with zero attached hydrogens (tertiary/aromatic N) is 3. The summed E-state index contributed by atoms with van der Waals surface area (Å²) in [5, 5.41) is 19.8. The number of halogens is 2. The molecule has 9 nitrogen and oxygen atoms in total. The summed E-state index contributed by atoms with van der Waals surface area (Å²) in [6.45, 7) is -1.05. The zero-order valence-electron chi connectivity index (χ0n) is 19.2. The minimum Gasteiger partial charge on any atom is -0.435 e. The van der Waals surface area contributed by atoms with Gasteiger partial charge in [-0.3, -0.25) is 4.79 Å². The Kier molecular flexibility index (Phi) is 7.81. The van der Waals surface area contributed by atoms with E-state index in [1.54, 1.807) is 61.8 Å². The van der Waals surface area contributed by atoms with Crippen LogP contribution in [0.2, 0.25) is 0 Å². The highest BCUT2D eigenvalue weighted by Crippen LogP contribution is 2.23. The van der Waals surface area contributed by atoms with Gasteiger partial charge in [-0.15, -0.1) is 0 Å². The highest BCUT2D eigenvalue weighted by Gasteiger charge is 2.12. The average Bonchev–Trinajstić information content (AvgIpc) is 3.28. The third kappa shape index (κ3) is 6.83. The summed E-state index contributed by atoms with van der Waals surface area (Å²) in [6.07, 6.45) is 2.39. The summed E-state index contributed by atoms with van der Waals surface area (Å²) in [5.41, 5.74) is 3.50. The summed E-state index contributed by atoms with van der Waals surface area (Å²) in [6, 6.07) is 14.9. The first kappa shape index (κ1) is 24.7. The number of anilines is 2. The fraction of sp³-hybridized carbons (Fsp3) is 0.200. The van der Waals surface area contributed by atoms with Crippen LogP contribution in [0, 0.1) is 6.92 Å². The number of carbonyl (C=O) groups is 1. The first-order valence-corrected chi connectivity index (χ1v) is 11.0. The Hall–Kier alpha value is -4.38. The molecule has 4 aromatic rings. The Morgan fingerprint density at radius 3 is 2.36 bits per heavy atom. The number of aliphatic hydroxyl groups is 1. The van der Waals surface area contributed by atoms with Crippen molar-refractivity contribution >= 4 is 17.5 Å². The van der Waals surface area contributed by atoms with Gasteiger partial charge in [0.15, 0.2) is 0 Å². The number of benzene rings is 2. The van der Waals surface area contributed by atoms with E-state index in [1.165, 1.54) is 12.1 Å². The number of carbonyl (C=O) groups excluding carboxylic acids is 1. The van der Waals surface area contributed by atoms with E-state index in [9.17, 15) is 18.7 Å². The van der Waals surface area contributed by atoms with E-state index in [1.807, 2.05) is 0 Å². The second-order valence-electron chi connectivity index (χ2n) is 7.88. The monoisotopic (exact) mass is 495 g/mol. The van der Waals surface area contributed by atoms with Crippen LogP contribution in [-0.4, -0.2) is 39.3 Å². The lowest BCUT2D eigenvalue weighted by molar-refractivity contribution is -0.121. The van der Waals surface area contributed by atoms with E-state index >= 15 is 0 Å². The molecule has 0 spiro atoms. The molecule has 3 N–H and O–H groups in total. The molecular weight excluding hydrogens is 472 g/mol. The van der Waals surface area contributed by atoms with Crippen LogP contribution in [0.4, 0.5) is 20.4 Å². The molecule has 0 radical (unpaired) electrons. The lowest BCUT2D eigenvalue weighted by Gasteiger charge is -2.13. The molecule has 2 aromatic carbocycles. The van der Waals surface area contributed by atoms with Crippen molar-refractivity contribution in [1.82, 2.24) is 20.4 Å². The molecular formula is C25H23F2N5O4. The maximum Gasteiger partial charge on any atom is 0.387 e. The predicted octanol–water partition coefficient (Wildman–Crippen LogP) is 4.18. The number of alkyl halides is 2. The smallest absolute Gasteiger partial charge is 0.387 e. The van der Waals surface area contributed by atoms with Gasteiger partial charge in [-0.05, 0) is 42.3 Å². The molecule has 0 aliphatic rings. The summed E-state index contributed by atoms with van der Waals surface area (Å²) in [5.74, 6) is 0.620. The third-order valence-corrected chi connectivity index (χ3v) is 5.12. The van der Waals surface area contributed by atoms with Gasteiger partial charge in [0.25, 0.3) is 0 Å². The van der Waals surface area contributed by atoms with Gasteiger partial charge in [-0.25, -0.2) is 9.97 Å². The van der Waals surface area contributed by atoms with Crippen LogP contribution in [0.3, 0.4) is 0 Å². The molecule has 0 saturated carbocycles. The number of aliphatic hydroxyl groups excluding tert-OH is 1. The molecule has 0 aliphatic heterocycles. The minimum atomic E-state index is -2.87. The Labute approximate surface area is 205 Å². The minimum absolute atomic E-state index is 0.0492. The summed E-state index contributed by atoms with van der Waals surface area (Å²) in [7, 11) is 0. The number of aryl methyl sites for hydroxylation is 1. The Balaban J connectivity index is 1.28. The maximum atomic E-state index is 12.3. The Bertz CT molecular complexity index is 1280. The molecule has 1 unspecified atom stereocenters. The van der Waals surface area contributed by atoms with Crippen molar-refractivity contribution in [2.45, 2.75) is 26.1 Å². The van der Waals surface area contributed by atoms with Gasteiger partial charge in [0.05, 0.1) is 18.2 Å². The van der Waals surface area contributed by atoms with Crippen LogP contribution in [0.25, 0.3) is 11.1 Å². The van der Waals surface area contributed by atoms with Crippen LogP contribution in [0.5, 0.6) is 5.75 Å². The Morgan fingerprint density at radius 1 is 1.06 bits per heavy atom. The van der Waals surface area contributed by atoms with Crippen molar-refractivity contribution in [1.29, 1.82) is 0 Å². The van der Waals surface area contributed by atoms with E-state index < -0.39 is 12.7 Å². The molecule has 2 heterocycles. The van der Waals surface area contributed by atoms with Gasteiger partial charge in [-0.2, -0.15) is 8.78 Å². The first-order valence-electron chi connectivity index (χ1n) is 11.0. The molecule has 1 amide bonds. The zero-order valence-corrected chi connectivity index (χ0v) is 19.2. The fourth-order valence-corrected chi connectivity index (χ4v) is 3.34. The molecule has 0 aliphatic carbocycles.